The van der Waals surface area contributed by atoms with E-state index in [2.05, 4.69) is 58.9 Å². The molecular weight excluding hydrogens is 407 g/mol. The first kappa shape index (κ1) is 21.7. The molecule has 128 valence electrons. The number of hydrogen-bond acceptors (Lipinski definition) is 3. The smallest absolute Gasteiger partial charge is 0.191 e. The molecule has 4 nitrogen and oxygen atoms in total. The minimum atomic E-state index is 0. The van der Waals surface area contributed by atoms with Crippen molar-refractivity contribution in [1.82, 2.24) is 15.5 Å². The summed E-state index contributed by atoms with van der Waals surface area (Å²) in [6.07, 6.45) is 2.52. The number of halogens is 1. The van der Waals surface area contributed by atoms with Crippen molar-refractivity contribution in [2.24, 2.45) is 4.99 Å². The fourth-order valence-corrected chi connectivity index (χ4v) is 2.83. The van der Waals surface area contributed by atoms with E-state index in [1.807, 2.05) is 18.4 Å². The van der Waals surface area contributed by atoms with Gasteiger partial charge in [-0.25, -0.2) is 0 Å². The van der Waals surface area contributed by atoms with Gasteiger partial charge < -0.3 is 15.5 Å². The Morgan fingerprint density at radius 2 is 2.14 bits per heavy atom. The first-order valence-corrected chi connectivity index (χ1v) is 8.71. The summed E-state index contributed by atoms with van der Waals surface area (Å²) in [5.74, 6) is 1.40. The lowest BCUT2D eigenvalue weighted by molar-refractivity contribution is 0.332. The Labute approximate surface area is 156 Å². The molecule has 0 aromatic carbocycles. The zero-order valence-corrected chi connectivity index (χ0v) is 17.4. The van der Waals surface area contributed by atoms with Gasteiger partial charge in [-0.3, -0.25) is 4.99 Å². The molecule has 0 amide bonds. The standard InChI is InChI=1S/C16H30N4S.HI/c1-5-6-10-20(4)11-9-18-16(17-3)19-13-14(2)15-8-7-12-21-15;/h7-8,12,14H,5-6,9-11,13H2,1-4H3,(H2,17,18,19);1H. The number of aliphatic imine (C=N–C) groups is 1. The van der Waals surface area contributed by atoms with Gasteiger partial charge in [0.2, 0.25) is 0 Å². The summed E-state index contributed by atoms with van der Waals surface area (Å²) in [5, 5.41) is 8.91. The van der Waals surface area contributed by atoms with Crippen molar-refractivity contribution in [3.05, 3.63) is 22.4 Å². The molecule has 1 heterocycles. The Kier molecular flexibility index (Phi) is 12.9. The van der Waals surface area contributed by atoms with E-state index in [9.17, 15) is 0 Å². The minimum Gasteiger partial charge on any atom is -0.356 e. The van der Waals surface area contributed by atoms with E-state index in [-0.39, 0.29) is 24.0 Å². The highest BCUT2D eigenvalue weighted by Crippen LogP contribution is 2.19. The monoisotopic (exact) mass is 438 g/mol. The number of guanidine groups is 1. The summed E-state index contributed by atoms with van der Waals surface area (Å²) in [7, 11) is 4.00. The zero-order valence-electron chi connectivity index (χ0n) is 14.3. The second-order valence-corrected chi connectivity index (χ2v) is 6.43. The lowest BCUT2D eigenvalue weighted by Gasteiger charge is -2.19. The summed E-state index contributed by atoms with van der Waals surface area (Å²) < 4.78 is 0. The second-order valence-electron chi connectivity index (χ2n) is 5.45. The maximum Gasteiger partial charge on any atom is 0.191 e. The van der Waals surface area contributed by atoms with Crippen LogP contribution in [0.1, 0.15) is 37.5 Å². The van der Waals surface area contributed by atoms with E-state index >= 15 is 0 Å². The summed E-state index contributed by atoms with van der Waals surface area (Å²) in [5.41, 5.74) is 0. The van der Waals surface area contributed by atoms with Crippen LogP contribution in [-0.2, 0) is 0 Å². The van der Waals surface area contributed by atoms with Gasteiger partial charge in [-0.15, -0.1) is 35.3 Å². The fourth-order valence-electron chi connectivity index (χ4n) is 2.05. The van der Waals surface area contributed by atoms with Gasteiger partial charge in [0.15, 0.2) is 5.96 Å². The van der Waals surface area contributed by atoms with Crippen LogP contribution in [0, 0.1) is 0 Å². The lowest BCUT2D eigenvalue weighted by atomic mass is 10.1. The van der Waals surface area contributed by atoms with Crippen LogP contribution in [0.5, 0.6) is 0 Å². The van der Waals surface area contributed by atoms with Crippen LogP contribution in [-0.4, -0.2) is 51.1 Å². The number of unbranched alkanes of at least 4 members (excludes halogenated alkanes) is 1. The maximum atomic E-state index is 4.28. The molecule has 1 aromatic rings. The van der Waals surface area contributed by atoms with Crippen molar-refractivity contribution in [2.45, 2.75) is 32.6 Å². The molecule has 0 saturated heterocycles. The molecule has 1 aromatic heterocycles. The fraction of sp³-hybridized carbons (Fsp3) is 0.688. The molecule has 0 aliphatic carbocycles. The Bertz CT molecular complexity index is 395. The normalized spacial score (nSPS) is 12.9. The molecule has 0 aliphatic rings. The van der Waals surface area contributed by atoms with Gasteiger partial charge in [0.1, 0.15) is 0 Å². The number of thiophene rings is 1. The Morgan fingerprint density at radius 1 is 1.36 bits per heavy atom. The molecule has 0 radical (unpaired) electrons. The van der Waals surface area contributed by atoms with Crippen LogP contribution in [0.3, 0.4) is 0 Å². The molecule has 6 heteroatoms. The zero-order chi connectivity index (χ0) is 15.5. The average Bonchev–Trinajstić information content (AvgIpc) is 3.02. The Balaban J connectivity index is 0.00000441. The van der Waals surface area contributed by atoms with Crippen molar-refractivity contribution in [2.75, 3.05) is 40.3 Å². The van der Waals surface area contributed by atoms with Crippen LogP contribution in [0.15, 0.2) is 22.5 Å². The van der Waals surface area contributed by atoms with Gasteiger partial charge in [-0.1, -0.05) is 26.3 Å². The van der Waals surface area contributed by atoms with Gasteiger partial charge in [0, 0.05) is 37.5 Å². The van der Waals surface area contributed by atoms with E-state index in [1.165, 1.54) is 24.3 Å². The predicted octanol–water partition coefficient (Wildman–Crippen LogP) is 3.37. The summed E-state index contributed by atoms with van der Waals surface area (Å²) in [6, 6.07) is 4.30. The Morgan fingerprint density at radius 3 is 2.73 bits per heavy atom. The second kappa shape index (κ2) is 13.1. The summed E-state index contributed by atoms with van der Waals surface area (Å²) in [4.78, 5) is 8.05. The molecule has 0 aliphatic heterocycles. The van der Waals surface area contributed by atoms with Crippen LogP contribution < -0.4 is 10.6 Å². The third kappa shape index (κ3) is 8.95. The quantitative estimate of drug-likeness (QED) is 0.353. The molecule has 0 fully saturated rings. The summed E-state index contributed by atoms with van der Waals surface area (Å²) in [6.45, 7) is 8.51. The van der Waals surface area contributed by atoms with Crippen molar-refractivity contribution < 1.29 is 0 Å². The first-order valence-electron chi connectivity index (χ1n) is 7.83. The van der Waals surface area contributed by atoms with Crippen LogP contribution in [0.2, 0.25) is 0 Å². The molecule has 1 rings (SSSR count). The predicted molar refractivity (Wildman–Crippen MR) is 110 cm³/mol. The average molecular weight is 438 g/mol. The van der Waals surface area contributed by atoms with E-state index < -0.39 is 0 Å². The number of nitrogens with zero attached hydrogens (tertiary/aromatic N) is 2. The highest BCUT2D eigenvalue weighted by Gasteiger charge is 2.07. The van der Waals surface area contributed by atoms with E-state index in [4.69, 9.17) is 0 Å². The molecule has 2 N–H and O–H groups in total. The third-order valence-electron chi connectivity index (χ3n) is 3.51. The highest BCUT2D eigenvalue weighted by atomic mass is 127. The van der Waals surface area contributed by atoms with Crippen molar-refractivity contribution in [1.29, 1.82) is 0 Å². The van der Waals surface area contributed by atoms with Crippen molar-refractivity contribution in [3.8, 4) is 0 Å². The molecule has 0 bridgehead atoms. The first-order chi connectivity index (χ1) is 10.2. The maximum absolute atomic E-state index is 4.28. The third-order valence-corrected chi connectivity index (χ3v) is 4.61. The Hall–Kier alpha value is -0.340. The molecule has 1 unspecified atom stereocenters. The largest absolute Gasteiger partial charge is 0.356 e. The van der Waals surface area contributed by atoms with Crippen molar-refractivity contribution >= 4 is 41.3 Å². The number of nitrogens with one attached hydrogen (secondary N) is 2. The number of hydrogen-bond donors (Lipinski definition) is 2. The molecule has 0 saturated carbocycles. The van der Waals surface area contributed by atoms with Gasteiger partial charge in [-0.2, -0.15) is 0 Å². The summed E-state index contributed by atoms with van der Waals surface area (Å²) >= 11 is 1.81. The van der Waals surface area contributed by atoms with Gasteiger partial charge in [0.05, 0.1) is 0 Å². The van der Waals surface area contributed by atoms with Crippen LogP contribution in [0.4, 0.5) is 0 Å². The molecule has 0 spiro atoms. The molecule has 22 heavy (non-hydrogen) atoms. The lowest BCUT2D eigenvalue weighted by Crippen LogP contribution is -2.42. The van der Waals surface area contributed by atoms with Crippen molar-refractivity contribution in [3.63, 3.8) is 0 Å². The van der Waals surface area contributed by atoms with Gasteiger partial charge >= 0.3 is 0 Å². The van der Waals surface area contributed by atoms with Crippen LogP contribution in [0.25, 0.3) is 0 Å². The van der Waals surface area contributed by atoms with Crippen LogP contribution >= 0.6 is 35.3 Å². The SMILES string of the molecule is CCCCN(C)CCNC(=NC)NCC(C)c1cccs1.I. The van der Waals surface area contributed by atoms with E-state index in [1.54, 1.807) is 0 Å². The number of likely N-dealkylation sites (N-methyl/N-ethyl adjacent to an activating group) is 1. The van der Waals surface area contributed by atoms with E-state index in [0.717, 1.165) is 25.6 Å². The number of rotatable bonds is 9. The van der Waals surface area contributed by atoms with E-state index in [0.29, 0.717) is 5.92 Å². The molecule has 1 atom stereocenters. The minimum absolute atomic E-state index is 0. The topological polar surface area (TPSA) is 39.7 Å². The highest BCUT2D eigenvalue weighted by molar-refractivity contribution is 14.0. The van der Waals surface area contributed by atoms with Gasteiger partial charge in [-0.05, 0) is 31.5 Å². The van der Waals surface area contributed by atoms with Gasteiger partial charge in [0.25, 0.3) is 0 Å². The molecular formula is C16H31IN4S.